The molecule has 0 aliphatic heterocycles. The van der Waals surface area contributed by atoms with Crippen LogP contribution in [0.25, 0.3) is 0 Å². The highest BCUT2D eigenvalue weighted by molar-refractivity contribution is 14.1. The van der Waals surface area contributed by atoms with Gasteiger partial charge in [0.15, 0.2) is 0 Å². The summed E-state index contributed by atoms with van der Waals surface area (Å²) in [6, 6.07) is 3.35. The monoisotopic (exact) mass is 344 g/mol. The maximum Gasteiger partial charge on any atom is 0.417 e. The van der Waals surface area contributed by atoms with Gasteiger partial charge in [0.05, 0.1) is 17.7 Å². The third-order valence-electron chi connectivity index (χ3n) is 1.78. The number of ether oxygens (including phenoxy) is 1. The molecule has 0 heterocycles. The smallest absolute Gasteiger partial charge is 0.417 e. The Morgan fingerprint density at radius 2 is 2.06 bits per heavy atom. The molecular formula is C10H8F3IO2. The molecule has 1 aromatic rings. The molecule has 0 aliphatic carbocycles. The first-order chi connectivity index (χ1) is 7.36. The Balaban J connectivity index is 3.24. The molecule has 2 nitrogen and oxygen atoms in total. The van der Waals surface area contributed by atoms with E-state index in [0.717, 1.165) is 6.07 Å². The number of rotatable bonds is 2. The number of alkyl halides is 3. The summed E-state index contributed by atoms with van der Waals surface area (Å²) in [5.74, 6) is -0.951. The first-order valence-electron chi connectivity index (χ1n) is 4.40. The van der Waals surface area contributed by atoms with E-state index in [-0.39, 0.29) is 6.61 Å². The molecule has 0 spiro atoms. The molecule has 16 heavy (non-hydrogen) atoms. The van der Waals surface area contributed by atoms with Crippen molar-refractivity contribution in [3.05, 3.63) is 32.9 Å². The van der Waals surface area contributed by atoms with Crippen LogP contribution in [0.1, 0.15) is 22.8 Å². The average molecular weight is 344 g/mol. The molecule has 88 valence electrons. The second kappa shape index (κ2) is 5.03. The van der Waals surface area contributed by atoms with Crippen LogP contribution in [0.3, 0.4) is 0 Å². The maximum atomic E-state index is 12.6. The van der Waals surface area contributed by atoms with E-state index in [1.54, 1.807) is 6.92 Å². The summed E-state index contributed by atoms with van der Waals surface area (Å²) >= 11 is 1.84. The van der Waals surface area contributed by atoms with E-state index in [4.69, 9.17) is 0 Å². The van der Waals surface area contributed by atoms with Crippen molar-refractivity contribution >= 4 is 28.6 Å². The number of hydrogen-bond acceptors (Lipinski definition) is 2. The topological polar surface area (TPSA) is 26.3 Å². The number of carbonyl (C=O) groups excluding carboxylic acids is 1. The Morgan fingerprint density at radius 1 is 1.44 bits per heavy atom. The van der Waals surface area contributed by atoms with Gasteiger partial charge in [-0.05, 0) is 47.7 Å². The average Bonchev–Trinajstić information content (AvgIpc) is 2.16. The molecule has 1 aromatic carbocycles. The minimum absolute atomic E-state index is 0.0433. The number of halogens is 4. The second-order valence-electron chi connectivity index (χ2n) is 2.91. The van der Waals surface area contributed by atoms with E-state index in [0.29, 0.717) is 3.57 Å². The summed E-state index contributed by atoms with van der Waals surface area (Å²) in [4.78, 5) is 11.3. The number of carbonyl (C=O) groups is 1. The third kappa shape index (κ3) is 3.10. The van der Waals surface area contributed by atoms with Gasteiger partial charge in [0.1, 0.15) is 0 Å². The van der Waals surface area contributed by atoms with Crippen LogP contribution in [-0.4, -0.2) is 12.6 Å². The van der Waals surface area contributed by atoms with E-state index in [1.807, 2.05) is 22.6 Å². The van der Waals surface area contributed by atoms with Crippen molar-refractivity contribution in [3.8, 4) is 0 Å². The SMILES string of the molecule is CCOC(=O)c1cc(I)ccc1C(F)(F)F. The van der Waals surface area contributed by atoms with Crippen LogP contribution < -0.4 is 0 Å². The van der Waals surface area contributed by atoms with Crippen LogP contribution in [0.4, 0.5) is 13.2 Å². The molecule has 0 unspecified atom stereocenters. The first kappa shape index (κ1) is 13.3. The number of esters is 1. The summed E-state index contributed by atoms with van der Waals surface area (Å²) < 4.78 is 42.8. The van der Waals surface area contributed by atoms with E-state index in [9.17, 15) is 18.0 Å². The minimum Gasteiger partial charge on any atom is -0.462 e. The zero-order valence-corrected chi connectivity index (χ0v) is 10.4. The molecule has 1 rings (SSSR count). The molecule has 0 saturated heterocycles. The Labute approximate surface area is 104 Å². The molecular weight excluding hydrogens is 336 g/mol. The van der Waals surface area contributed by atoms with Gasteiger partial charge in [-0.2, -0.15) is 13.2 Å². The lowest BCUT2D eigenvalue weighted by molar-refractivity contribution is -0.138. The molecule has 0 fully saturated rings. The quantitative estimate of drug-likeness (QED) is 0.607. The van der Waals surface area contributed by atoms with Crippen molar-refractivity contribution in [1.29, 1.82) is 0 Å². The van der Waals surface area contributed by atoms with Gasteiger partial charge in [-0.25, -0.2) is 4.79 Å². The van der Waals surface area contributed by atoms with Gasteiger partial charge in [0.2, 0.25) is 0 Å². The Kier molecular flexibility index (Phi) is 4.17. The first-order valence-corrected chi connectivity index (χ1v) is 5.48. The summed E-state index contributed by atoms with van der Waals surface area (Å²) in [5.41, 5.74) is -1.41. The minimum atomic E-state index is -4.55. The third-order valence-corrected chi connectivity index (χ3v) is 2.45. The standard InChI is InChI=1S/C10H8F3IO2/c1-2-16-9(15)7-5-6(14)3-4-8(7)10(11,12)13/h3-5H,2H2,1H3. The van der Waals surface area contributed by atoms with Gasteiger partial charge in [-0.15, -0.1) is 0 Å². The van der Waals surface area contributed by atoms with Gasteiger partial charge < -0.3 is 4.74 Å². The van der Waals surface area contributed by atoms with E-state index in [1.165, 1.54) is 12.1 Å². The Hall–Kier alpha value is -0.790. The van der Waals surface area contributed by atoms with Gasteiger partial charge in [-0.3, -0.25) is 0 Å². The van der Waals surface area contributed by atoms with E-state index >= 15 is 0 Å². The molecule has 0 atom stereocenters. The highest BCUT2D eigenvalue weighted by Gasteiger charge is 2.35. The summed E-state index contributed by atoms with van der Waals surface area (Å²) in [7, 11) is 0. The van der Waals surface area contributed by atoms with E-state index < -0.39 is 23.3 Å². The van der Waals surface area contributed by atoms with Crippen molar-refractivity contribution in [1.82, 2.24) is 0 Å². The fourth-order valence-electron chi connectivity index (χ4n) is 1.14. The summed E-state index contributed by atoms with van der Waals surface area (Å²) in [6.45, 7) is 1.58. The molecule has 0 amide bonds. The van der Waals surface area contributed by atoms with Crippen LogP contribution in [0, 0.1) is 3.57 Å². The lowest BCUT2D eigenvalue weighted by Gasteiger charge is -2.12. The molecule has 0 aromatic heterocycles. The largest absolute Gasteiger partial charge is 0.462 e. The van der Waals surface area contributed by atoms with Crippen LogP contribution in [0.2, 0.25) is 0 Å². The van der Waals surface area contributed by atoms with Crippen molar-refractivity contribution < 1.29 is 22.7 Å². The normalized spacial score (nSPS) is 11.3. The molecule has 0 N–H and O–H groups in total. The highest BCUT2D eigenvalue weighted by atomic mass is 127. The fraction of sp³-hybridized carbons (Fsp3) is 0.300. The van der Waals surface area contributed by atoms with Crippen LogP contribution in [0.15, 0.2) is 18.2 Å². The van der Waals surface area contributed by atoms with Crippen molar-refractivity contribution in [2.24, 2.45) is 0 Å². The molecule has 0 bridgehead atoms. The number of benzene rings is 1. The lowest BCUT2D eigenvalue weighted by atomic mass is 10.1. The Morgan fingerprint density at radius 3 is 2.56 bits per heavy atom. The maximum absolute atomic E-state index is 12.6. The number of hydrogen-bond donors (Lipinski definition) is 0. The highest BCUT2D eigenvalue weighted by Crippen LogP contribution is 2.33. The van der Waals surface area contributed by atoms with Crippen molar-refractivity contribution in [3.63, 3.8) is 0 Å². The van der Waals surface area contributed by atoms with Gasteiger partial charge in [-0.1, -0.05) is 0 Å². The van der Waals surface area contributed by atoms with Crippen molar-refractivity contribution in [2.45, 2.75) is 13.1 Å². The van der Waals surface area contributed by atoms with E-state index in [2.05, 4.69) is 4.74 Å². The molecule has 0 saturated carbocycles. The lowest BCUT2D eigenvalue weighted by Crippen LogP contribution is -2.15. The van der Waals surface area contributed by atoms with Gasteiger partial charge in [0.25, 0.3) is 0 Å². The molecule has 0 radical (unpaired) electrons. The van der Waals surface area contributed by atoms with Crippen LogP contribution in [0.5, 0.6) is 0 Å². The predicted molar refractivity (Wildman–Crippen MR) is 60.1 cm³/mol. The Bertz CT molecular complexity index is 402. The van der Waals surface area contributed by atoms with Gasteiger partial charge in [0, 0.05) is 3.57 Å². The summed E-state index contributed by atoms with van der Waals surface area (Å²) in [5, 5.41) is 0. The predicted octanol–water partition coefficient (Wildman–Crippen LogP) is 3.49. The fourth-order valence-corrected chi connectivity index (χ4v) is 1.63. The zero-order valence-electron chi connectivity index (χ0n) is 8.27. The van der Waals surface area contributed by atoms with Gasteiger partial charge >= 0.3 is 12.1 Å². The molecule has 0 aliphatic rings. The van der Waals surface area contributed by atoms with Crippen LogP contribution >= 0.6 is 22.6 Å². The van der Waals surface area contributed by atoms with Crippen LogP contribution in [-0.2, 0) is 10.9 Å². The second-order valence-corrected chi connectivity index (χ2v) is 4.15. The van der Waals surface area contributed by atoms with Crippen molar-refractivity contribution in [2.75, 3.05) is 6.61 Å². The molecule has 6 heteroatoms. The zero-order chi connectivity index (χ0) is 12.3. The summed E-state index contributed by atoms with van der Waals surface area (Å²) in [6.07, 6.45) is -4.55.